The number of carbonyl (C=O) groups excluding carboxylic acids is 1. The molecule has 1 saturated heterocycles. The molecule has 1 amide bonds. The van der Waals surface area contributed by atoms with Gasteiger partial charge in [-0.1, -0.05) is 30.3 Å². The molecule has 1 saturated carbocycles. The summed E-state index contributed by atoms with van der Waals surface area (Å²) in [5.74, 6) is -0.729. The summed E-state index contributed by atoms with van der Waals surface area (Å²) in [6.45, 7) is 0.935. The van der Waals surface area contributed by atoms with Gasteiger partial charge >= 0.3 is 12.4 Å². The van der Waals surface area contributed by atoms with Crippen LogP contribution in [0.3, 0.4) is 0 Å². The predicted octanol–water partition coefficient (Wildman–Crippen LogP) is 5.10. The largest absolute Gasteiger partial charge is 0.416 e. The lowest BCUT2D eigenvalue weighted by molar-refractivity contribution is -0.143. The van der Waals surface area contributed by atoms with Crippen molar-refractivity contribution < 1.29 is 36.2 Å². The van der Waals surface area contributed by atoms with Crippen molar-refractivity contribution in [3.8, 4) is 0 Å². The SMILES string of the molecule is O=C(NCc1cc(C(F)(F)F)cc(C(F)(F)F)c1)C1CC(N2CCC(O)(c3ccccc3)CC2)C1. The van der Waals surface area contributed by atoms with Crippen LogP contribution in [0, 0.1) is 5.92 Å². The zero-order valence-corrected chi connectivity index (χ0v) is 18.8. The Hall–Kier alpha value is -2.59. The zero-order chi connectivity index (χ0) is 25.4. The van der Waals surface area contributed by atoms with E-state index >= 15 is 0 Å². The van der Waals surface area contributed by atoms with Gasteiger partial charge in [0.1, 0.15) is 0 Å². The molecule has 0 unspecified atom stereocenters. The van der Waals surface area contributed by atoms with E-state index in [2.05, 4.69) is 10.2 Å². The van der Waals surface area contributed by atoms with Crippen LogP contribution in [0.2, 0.25) is 0 Å². The number of nitrogens with one attached hydrogen (secondary N) is 1. The number of piperidine rings is 1. The van der Waals surface area contributed by atoms with E-state index in [0.717, 1.165) is 5.56 Å². The molecule has 0 aromatic heterocycles. The monoisotopic (exact) mass is 500 g/mol. The van der Waals surface area contributed by atoms with Gasteiger partial charge in [-0.25, -0.2) is 0 Å². The number of benzene rings is 2. The molecule has 0 atom stereocenters. The zero-order valence-electron chi connectivity index (χ0n) is 18.8. The number of alkyl halides is 6. The molecule has 0 radical (unpaired) electrons. The average Bonchev–Trinajstić information content (AvgIpc) is 2.77. The Morgan fingerprint density at radius 3 is 2.00 bits per heavy atom. The molecule has 0 bridgehead atoms. The minimum absolute atomic E-state index is 0.0688. The van der Waals surface area contributed by atoms with Crippen LogP contribution in [0.15, 0.2) is 48.5 Å². The molecule has 2 aromatic carbocycles. The van der Waals surface area contributed by atoms with Crippen LogP contribution >= 0.6 is 0 Å². The van der Waals surface area contributed by atoms with Gasteiger partial charge in [0.25, 0.3) is 0 Å². The van der Waals surface area contributed by atoms with Crippen LogP contribution in [0.25, 0.3) is 0 Å². The number of carbonyl (C=O) groups is 1. The van der Waals surface area contributed by atoms with Crippen molar-refractivity contribution in [2.75, 3.05) is 13.1 Å². The molecule has 2 N–H and O–H groups in total. The summed E-state index contributed by atoms with van der Waals surface area (Å²) in [6.07, 6.45) is -7.59. The molecule has 1 aliphatic carbocycles. The minimum atomic E-state index is -4.93. The number of aliphatic hydroxyl groups is 1. The molecule has 2 aromatic rings. The highest BCUT2D eigenvalue weighted by molar-refractivity contribution is 5.79. The maximum absolute atomic E-state index is 13.0. The van der Waals surface area contributed by atoms with Crippen molar-refractivity contribution in [2.24, 2.45) is 5.92 Å². The highest BCUT2D eigenvalue weighted by atomic mass is 19.4. The third-order valence-corrected chi connectivity index (χ3v) is 7.05. The van der Waals surface area contributed by atoms with Crippen molar-refractivity contribution in [1.29, 1.82) is 0 Å². The number of likely N-dealkylation sites (tertiary alicyclic amines) is 1. The Balaban J connectivity index is 1.29. The summed E-state index contributed by atoms with van der Waals surface area (Å²) < 4.78 is 78.1. The Kier molecular flexibility index (Phi) is 6.89. The summed E-state index contributed by atoms with van der Waals surface area (Å²) in [5, 5.41) is 13.4. The van der Waals surface area contributed by atoms with E-state index in [1.165, 1.54) is 0 Å². The molecular formula is C25H26F6N2O2. The number of halogens is 6. The predicted molar refractivity (Wildman–Crippen MR) is 116 cm³/mol. The van der Waals surface area contributed by atoms with Gasteiger partial charge in [-0.3, -0.25) is 4.79 Å². The third-order valence-electron chi connectivity index (χ3n) is 7.05. The first-order valence-electron chi connectivity index (χ1n) is 11.4. The van der Waals surface area contributed by atoms with Crippen LogP contribution in [-0.4, -0.2) is 35.0 Å². The lowest BCUT2D eigenvalue weighted by atomic mass is 9.76. The molecule has 35 heavy (non-hydrogen) atoms. The quantitative estimate of drug-likeness (QED) is 0.562. The second-order valence-electron chi connectivity index (χ2n) is 9.39. The summed E-state index contributed by atoms with van der Waals surface area (Å²) >= 11 is 0. The van der Waals surface area contributed by atoms with E-state index in [1.54, 1.807) is 0 Å². The molecule has 1 aliphatic heterocycles. The lowest BCUT2D eigenvalue weighted by Crippen LogP contribution is -2.53. The highest BCUT2D eigenvalue weighted by Crippen LogP contribution is 2.39. The maximum atomic E-state index is 13.0. The van der Waals surface area contributed by atoms with Crippen LogP contribution in [-0.2, 0) is 29.3 Å². The number of nitrogens with zero attached hydrogens (tertiary/aromatic N) is 1. The highest BCUT2D eigenvalue weighted by Gasteiger charge is 2.42. The second-order valence-corrected chi connectivity index (χ2v) is 9.39. The van der Waals surface area contributed by atoms with E-state index in [4.69, 9.17) is 0 Å². The Labute approximate surface area is 198 Å². The van der Waals surface area contributed by atoms with Gasteiger partial charge in [0.05, 0.1) is 16.7 Å². The van der Waals surface area contributed by atoms with E-state index < -0.39 is 35.6 Å². The minimum Gasteiger partial charge on any atom is -0.385 e. The van der Waals surface area contributed by atoms with Gasteiger partial charge in [0.15, 0.2) is 0 Å². The topological polar surface area (TPSA) is 52.6 Å². The maximum Gasteiger partial charge on any atom is 0.416 e. The van der Waals surface area contributed by atoms with Crippen molar-refractivity contribution in [1.82, 2.24) is 10.2 Å². The van der Waals surface area contributed by atoms with Gasteiger partial charge in [0, 0.05) is 31.6 Å². The molecule has 190 valence electrons. The van der Waals surface area contributed by atoms with Gasteiger partial charge in [-0.15, -0.1) is 0 Å². The third kappa shape index (κ3) is 5.81. The molecular weight excluding hydrogens is 474 g/mol. The summed E-state index contributed by atoms with van der Waals surface area (Å²) in [7, 11) is 0. The van der Waals surface area contributed by atoms with E-state index in [0.29, 0.717) is 50.9 Å². The Morgan fingerprint density at radius 1 is 0.943 bits per heavy atom. The molecule has 1 heterocycles. The first-order chi connectivity index (χ1) is 16.3. The van der Waals surface area contributed by atoms with Crippen molar-refractivity contribution in [3.05, 3.63) is 70.8 Å². The summed E-state index contributed by atoms with van der Waals surface area (Å²) in [4.78, 5) is 14.7. The standard InChI is InChI=1S/C25H26F6N2O2/c26-24(27,28)19-10-16(11-20(14-19)25(29,30)31)15-32-22(34)17-12-21(13-17)33-8-6-23(35,7-9-33)18-4-2-1-3-5-18/h1-5,10-11,14,17,21,35H,6-9,12-13,15H2,(H,32,34). The molecule has 4 nitrogen and oxygen atoms in total. The number of hydrogen-bond donors (Lipinski definition) is 2. The summed E-state index contributed by atoms with van der Waals surface area (Å²) in [5.41, 5.74) is -3.05. The fourth-order valence-corrected chi connectivity index (χ4v) is 4.85. The summed E-state index contributed by atoms with van der Waals surface area (Å²) in [6, 6.07) is 11.0. The molecule has 10 heteroatoms. The van der Waals surface area contributed by atoms with Crippen LogP contribution < -0.4 is 5.32 Å². The van der Waals surface area contributed by atoms with Gasteiger partial charge < -0.3 is 15.3 Å². The Morgan fingerprint density at radius 2 is 1.49 bits per heavy atom. The number of rotatable bonds is 5. The fraction of sp³-hybridized carbons (Fsp3) is 0.480. The molecule has 4 rings (SSSR count). The molecule has 0 spiro atoms. The Bertz CT molecular complexity index is 1010. The number of amides is 1. The van der Waals surface area contributed by atoms with E-state index in [9.17, 15) is 36.2 Å². The second kappa shape index (κ2) is 9.46. The van der Waals surface area contributed by atoms with E-state index in [-0.39, 0.29) is 29.5 Å². The van der Waals surface area contributed by atoms with Crippen molar-refractivity contribution in [2.45, 2.75) is 56.2 Å². The number of hydrogen-bond acceptors (Lipinski definition) is 3. The smallest absolute Gasteiger partial charge is 0.385 e. The first kappa shape index (κ1) is 25.5. The van der Waals surface area contributed by atoms with Crippen molar-refractivity contribution in [3.63, 3.8) is 0 Å². The van der Waals surface area contributed by atoms with Crippen molar-refractivity contribution >= 4 is 5.91 Å². The average molecular weight is 500 g/mol. The van der Waals surface area contributed by atoms with Gasteiger partial charge in [-0.05, 0) is 55.0 Å². The van der Waals surface area contributed by atoms with Gasteiger partial charge in [0.2, 0.25) is 5.91 Å². The van der Waals surface area contributed by atoms with Crippen LogP contribution in [0.1, 0.15) is 47.9 Å². The fourth-order valence-electron chi connectivity index (χ4n) is 4.85. The van der Waals surface area contributed by atoms with E-state index in [1.807, 2.05) is 30.3 Å². The molecule has 2 aliphatic rings. The van der Waals surface area contributed by atoms with Crippen LogP contribution in [0.5, 0.6) is 0 Å². The molecule has 2 fully saturated rings. The van der Waals surface area contributed by atoms with Gasteiger partial charge in [-0.2, -0.15) is 26.3 Å². The normalized spacial score (nSPS) is 22.9. The van der Waals surface area contributed by atoms with Crippen LogP contribution in [0.4, 0.5) is 26.3 Å². The first-order valence-corrected chi connectivity index (χ1v) is 11.4. The lowest BCUT2D eigenvalue weighted by Gasteiger charge is -2.47.